The molecule has 3 aromatic carbocycles. The molecule has 0 aliphatic carbocycles. The van der Waals surface area contributed by atoms with Crippen LogP contribution in [0.25, 0.3) is 6.08 Å². The molecule has 1 fully saturated rings. The average Bonchev–Trinajstić information content (AvgIpc) is 3.15. The van der Waals surface area contributed by atoms with Gasteiger partial charge in [0.25, 0.3) is 5.91 Å². The second-order valence-corrected chi connectivity index (χ2v) is 10.6. The van der Waals surface area contributed by atoms with Gasteiger partial charge in [-0.25, -0.2) is 14.5 Å². The van der Waals surface area contributed by atoms with Crippen LogP contribution >= 0.6 is 45.2 Å². The van der Waals surface area contributed by atoms with Crippen LogP contribution in [0.3, 0.4) is 0 Å². The molecule has 0 bridgehead atoms. The maximum absolute atomic E-state index is 12.9. The van der Waals surface area contributed by atoms with E-state index in [9.17, 15) is 19.2 Å². The molecule has 0 saturated carbocycles. The van der Waals surface area contributed by atoms with Crippen LogP contribution in [-0.4, -0.2) is 47.5 Å². The molecule has 0 unspecified atom stereocenters. The van der Waals surface area contributed by atoms with Crippen LogP contribution in [0.2, 0.25) is 0 Å². The molecule has 4 rings (SSSR count). The summed E-state index contributed by atoms with van der Waals surface area (Å²) in [5.41, 5.74) is 2.14. The highest BCUT2D eigenvalue weighted by Crippen LogP contribution is 2.31. The van der Waals surface area contributed by atoms with Crippen molar-refractivity contribution >= 4 is 80.8 Å². The second-order valence-electron chi connectivity index (χ2n) is 8.23. The van der Waals surface area contributed by atoms with Gasteiger partial charge in [-0.1, -0.05) is 24.3 Å². The third-order valence-corrected chi connectivity index (χ3v) is 7.16. The molecule has 0 atom stereocenters. The predicted octanol–water partition coefficient (Wildman–Crippen LogP) is 4.71. The van der Waals surface area contributed by atoms with Crippen molar-refractivity contribution in [3.05, 3.63) is 90.2 Å². The number of carboxylic acid groups (broad SMARTS) is 1. The predicted molar refractivity (Wildman–Crippen MR) is 159 cm³/mol. The van der Waals surface area contributed by atoms with Gasteiger partial charge < -0.3 is 25.2 Å². The van der Waals surface area contributed by atoms with Gasteiger partial charge in [-0.15, -0.1) is 0 Å². The van der Waals surface area contributed by atoms with E-state index in [1.54, 1.807) is 48.5 Å². The van der Waals surface area contributed by atoms with E-state index < -0.39 is 30.4 Å². The lowest BCUT2D eigenvalue weighted by atomic mass is 10.1. The highest BCUT2D eigenvalue weighted by molar-refractivity contribution is 14.1. The highest BCUT2D eigenvalue weighted by Gasteiger charge is 2.35. The summed E-state index contributed by atoms with van der Waals surface area (Å²) in [7, 11) is 1.47. The van der Waals surface area contributed by atoms with Gasteiger partial charge in [0, 0.05) is 0 Å². The number of carbonyl (C=O) groups excluding carboxylic acids is 3. The van der Waals surface area contributed by atoms with Gasteiger partial charge in [0.05, 0.1) is 25.5 Å². The number of benzene rings is 3. The summed E-state index contributed by atoms with van der Waals surface area (Å²) in [6, 6.07) is 16.1. The van der Waals surface area contributed by atoms with Crippen molar-refractivity contribution in [1.29, 1.82) is 0 Å². The first-order valence-corrected chi connectivity index (χ1v) is 13.5. The van der Waals surface area contributed by atoms with Crippen molar-refractivity contribution in [2.75, 3.05) is 19.0 Å². The van der Waals surface area contributed by atoms with E-state index in [-0.39, 0.29) is 17.9 Å². The number of carbonyl (C=O) groups is 4. The Labute approximate surface area is 250 Å². The van der Waals surface area contributed by atoms with Gasteiger partial charge in [-0.3, -0.25) is 9.59 Å². The van der Waals surface area contributed by atoms with Gasteiger partial charge >= 0.3 is 12.0 Å². The lowest BCUT2D eigenvalue weighted by molar-refractivity contribution is -0.127. The van der Waals surface area contributed by atoms with E-state index in [1.165, 1.54) is 25.3 Å². The van der Waals surface area contributed by atoms with Crippen molar-refractivity contribution in [1.82, 2.24) is 10.2 Å². The van der Waals surface area contributed by atoms with E-state index in [4.69, 9.17) is 14.6 Å². The van der Waals surface area contributed by atoms with Crippen molar-refractivity contribution in [2.45, 2.75) is 6.61 Å². The number of nitrogens with one attached hydrogen (secondary N) is 2. The molecule has 3 aromatic rings. The molecule has 12 heteroatoms. The standard InChI is InChI=1S/C27H21I2N3O7/c1-38-22-5-3-2-4-20(22)30-23(33)13-32-25(34)21(31-27(32)37)12-16-10-18(28)24(19(29)11-16)39-14-15-6-8-17(9-7-15)26(35)36/h2-12H,13-14H2,1H3,(H,30,33)(H,31,37)(H,35,36)/b21-12+. The van der Waals surface area contributed by atoms with Crippen LogP contribution in [0.15, 0.2) is 66.4 Å². The molecule has 1 aliphatic heterocycles. The molecule has 3 N–H and O–H groups in total. The van der Waals surface area contributed by atoms with Crippen LogP contribution in [-0.2, 0) is 16.2 Å². The number of methoxy groups -OCH3 is 1. The molecular formula is C27H21I2N3O7. The number of para-hydroxylation sites is 2. The quantitative estimate of drug-likeness (QED) is 0.164. The zero-order chi connectivity index (χ0) is 28.1. The summed E-state index contributed by atoms with van der Waals surface area (Å²) < 4.78 is 12.7. The summed E-state index contributed by atoms with van der Waals surface area (Å²) in [5.74, 6) is -1.07. The third kappa shape index (κ3) is 6.86. The Balaban J connectivity index is 1.43. The molecular weight excluding hydrogens is 732 g/mol. The third-order valence-electron chi connectivity index (χ3n) is 5.56. The number of urea groups is 1. The van der Waals surface area contributed by atoms with Crippen molar-refractivity contribution < 1.29 is 33.8 Å². The number of nitrogens with zero attached hydrogens (tertiary/aromatic N) is 1. The minimum Gasteiger partial charge on any atom is -0.495 e. The molecule has 1 heterocycles. The monoisotopic (exact) mass is 753 g/mol. The number of carboxylic acids is 1. The average molecular weight is 753 g/mol. The zero-order valence-electron chi connectivity index (χ0n) is 20.4. The molecule has 0 radical (unpaired) electrons. The zero-order valence-corrected chi connectivity index (χ0v) is 24.7. The Morgan fingerprint density at radius 2 is 1.72 bits per heavy atom. The largest absolute Gasteiger partial charge is 0.495 e. The molecule has 10 nitrogen and oxygen atoms in total. The molecule has 39 heavy (non-hydrogen) atoms. The first-order chi connectivity index (χ1) is 18.7. The minimum atomic E-state index is -0.993. The summed E-state index contributed by atoms with van der Waals surface area (Å²) in [5, 5.41) is 14.2. The highest BCUT2D eigenvalue weighted by atomic mass is 127. The fourth-order valence-corrected chi connectivity index (χ4v) is 5.79. The van der Waals surface area contributed by atoms with E-state index in [2.05, 4.69) is 55.8 Å². The van der Waals surface area contributed by atoms with Gasteiger partial charge in [-0.05, 0) is 98.8 Å². The summed E-state index contributed by atoms with van der Waals surface area (Å²) in [6.45, 7) is -0.220. The van der Waals surface area contributed by atoms with Gasteiger partial charge in [-0.2, -0.15) is 0 Å². The van der Waals surface area contributed by atoms with Gasteiger partial charge in [0.2, 0.25) is 5.91 Å². The minimum absolute atomic E-state index is 0.0453. The number of hydrogen-bond donors (Lipinski definition) is 3. The maximum Gasteiger partial charge on any atom is 0.335 e. The molecule has 200 valence electrons. The SMILES string of the molecule is COc1ccccc1NC(=O)CN1C(=O)N/C(=C/c2cc(I)c(OCc3ccc(C(=O)O)cc3)c(I)c2)C1=O. The number of amides is 4. The van der Waals surface area contributed by atoms with E-state index in [0.717, 1.165) is 17.6 Å². The Kier molecular flexibility index (Phi) is 9.06. The van der Waals surface area contributed by atoms with Crippen LogP contribution in [0.1, 0.15) is 21.5 Å². The number of imide groups is 1. The molecule has 0 aromatic heterocycles. The topological polar surface area (TPSA) is 134 Å². The number of hydrogen-bond acceptors (Lipinski definition) is 6. The lowest BCUT2D eigenvalue weighted by Crippen LogP contribution is -2.38. The van der Waals surface area contributed by atoms with E-state index in [1.807, 2.05) is 0 Å². The van der Waals surface area contributed by atoms with Crippen molar-refractivity contribution in [3.8, 4) is 11.5 Å². The number of anilines is 1. The van der Waals surface area contributed by atoms with Crippen molar-refractivity contribution in [3.63, 3.8) is 0 Å². The Bertz CT molecular complexity index is 1470. The maximum atomic E-state index is 12.9. The summed E-state index contributed by atoms with van der Waals surface area (Å²) >= 11 is 4.24. The van der Waals surface area contributed by atoms with E-state index >= 15 is 0 Å². The Morgan fingerprint density at radius 3 is 2.36 bits per heavy atom. The molecule has 1 aliphatic rings. The molecule has 4 amide bonds. The van der Waals surface area contributed by atoms with Crippen LogP contribution in [0, 0.1) is 7.14 Å². The molecule has 0 spiro atoms. The van der Waals surface area contributed by atoms with Crippen LogP contribution < -0.4 is 20.1 Å². The molecule has 1 saturated heterocycles. The number of rotatable bonds is 9. The normalized spacial score (nSPS) is 13.8. The fourth-order valence-electron chi connectivity index (χ4n) is 3.66. The van der Waals surface area contributed by atoms with Crippen LogP contribution in [0.4, 0.5) is 10.5 Å². The Morgan fingerprint density at radius 1 is 1.05 bits per heavy atom. The number of ether oxygens (including phenoxy) is 2. The smallest absolute Gasteiger partial charge is 0.335 e. The summed E-state index contributed by atoms with van der Waals surface area (Å²) in [6.07, 6.45) is 1.54. The van der Waals surface area contributed by atoms with Crippen molar-refractivity contribution in [2.24, 2.45) is 0 Å². The number of halogens is 2. The van der Waals surface area contributed by atoms with Gasteiger partial charge in [0.1, 0.15) is 30.3 Å². The van der Waals surface area contributed by atoms with E-state index in [0.29, 0.717) is 22.7 Å². The second kappa shape index (κ2) is 12.5. The lowest BCUT2D eigenvalue weighted by Gasteiger charge is -2.13. The first-order valence-electron chi connectivity index (χ1n) is 11.4. The number of aromatic carboxylic acids is 1. The first kappa shape index (κ1) is 28.4. The van der Waals surface area contributed by atoms with Gasteiger partial charge in [0.15, 0.2) is 0 Å². The fraction of sp³-hybridized carbons (Fsp3) is 0.111. The Hall–Kier alpha value is -3.66. The summed E-state index contributed by atoms with van der Waals surface area (Å²) in [4.78, 5) is 49.7. The van der Waals surface area contributed by atoms with Crippen LogP contribution in [0.5, 0.6) is 11.5 Å².